The van der Waals surface area contributed by atoms with Crippen LogP contribution < -0.4 is 0 Å². The van der Waals surface area contributed by atoms with Gasteiger partial charge in [-0.05, 0) is 17.9 Å². The highest BCUT2D eigenvalue weighted by Crippen LogP contribution is 2.28. The Kier molecular flexibility index (Phi) is 5.60. The molecule has 2 rings (SSSR count). The molecule has 0 aromatic heterocycles. The van der Waals surface area contributed by atoms with Gasteiger partial charge in [0.25, 0.3) is 0 Å². The standard InChI is InChI=1S/C17H25NO2/c1-3-4-8-14(2)11-16-12-17(19)18(16)20-13-15-9-6-5-7-10-15/h5-7,9-10,14,16H,3-4,8,11-13H2,1-2H3. The number of unbranched alkanes of at least 4 members (excludes halogenated alkanes) is 1. The lowest BCUT2D eigenvalue weighted by atomic mass is 9.91. The van der Waals surface area contributed by atoms with Crippen LogP contribution in [0.1, 0.15) is 51.5 Å². The maximum Gasteiger partial charge on any atom is 0.248 e. The van der Waals surface area contributed by atoms with Crippen molar-refractivity contribution in [3.05, 3.63) is 35.9 Å². The van der Waals surface area contributed by atoms with E-state index in [1.807, 2.05) is 30.3 Å². The van der Waals surface area contributed by atoms with Crippen molar-refractivity contribution in [3.8, 4) is 0 Å². The fourth-order valence-corrected chi connectivity index (χ4v) is 2.68. The second-order valence-corrected chi connectivity index (χ2v) is 5.82. The minimum Gasteiger partial charge on any atom is -0.272 e. The van der Waals surface area contributed by atoms with E-state index in [1.54, 1.807) is 5.06 Å². The number of carbonyl (C=O) groups is 1. The van der Waals surface area contributed by atoms with Crippen LogP contribution in [0, 0.1) is 5.92 Å². The Bertz CT molecular complexity index is 418. The summed E-state index contributed by atoms with van der Waals surface area (Å²) in [6.07, 6.45) is 5.45. The van der Waals surface area contributed by atoms with Crippen molar-refractivity contribution in [1.29, 1.82) is 0 Å². The number of benzene rings is 1. The van der Waals surface area contributed by atoms with Crippen LogP contribution in [-0.2, 0) is 16.2 Å². The summed E-state index contributed by atoms with van der Waals surface area (Å²) in [5.41, 5.74) is 1.10. The monoisotopic (exact) mass is 275 g/mol. The maximum absolute atomic E-state index is 11.7. The average Bonchev–Trinajstić information content (AvgIpc) is 2.45. The molecule has 3 heteroatoms. The van der Waals surface area contributed by atoms with Gasteiger partial charge in [0, 0.05) is 0 Å². The van der Waals surface area contributed by atoms with Gasteiger partial charge in [0.1, 0.15) is 6.61 Å². The molecule has 1 aliphatic heterocycles. The van der Waals surface area contributed by atoms with Crippen LogP contribution in [0.15, 0.2) is 30.3 Å². The van der Waals surface area contributed by atoms with Crippen molar-refractivity contribution in [2.45, 2.75) is 58.6 Å². The normalized spacial score (nSPS) is 19.8. The van der Waals surface area contributed by atoms with E-state index in [0.29, 0.717) is 18.9 Å². The van der Waals surface area contributed by atoms with Crippen LogP contribution >= 0.6 is 0 Å². The molecule has 3 nitrogen and oxygen atoms in total. The highest BCUT2D eigenvalue weighted by molar-refractivity contribution is 5.81. The summed E-state index contributed by atoms with van der Waals surface area (Å²) in [4.78, 5) is 17.3. The van der Waals surface area contributed by atoms with Crippen molar-refractivity contribution in [1.82, 2.24) is 5.06 Å². The SMILES string of the molecule is CCCCC(C)CC1CC(=O)N1OCc1ccccc1. The third kappa shape index (κ3) is 4.07. The lowest BCUT2D eigenvalue weighted by Gasteiger charge is -2.40. The van der Waals surface area contributed by atoms with Crippen LogP contribution in [0.3, 0.4) is 0 Å². The average molecular weight is 275 g/mol. The van der Waals surface area contributed by atoms with Gasteiger partial charge < -0.3 is 0 Å². The Morgan fingerprint density at radius 3 is 2.75 bits per heavy atom. The van der Waals surface area contributed by atoms with Gasteiger partial charge in [-0.2, -0.15) is 0 Å². The largest absolute Gasteiger partial charge is 0.272 e. The summed E-state index contributed by atoms with van der Waals surface area (Å²) in [6.45, 7) is 4.97. The molecule has 110 valence electrons. The van der Waals surface area contributed by atoms with Gasteiger partial charge in [0.2, 0.25) is 5.91 Å². The molecule has 0 spiro atoms. The van der Waals surface area contributed by atoms with E-state index >= 15 is 0 Å². The zero-order chi connectivity index (χ0) is 14.4. The molecule has 2 atom stereocenters. The molecule has 0 bridgehead atoms. The third-order valence-electron chi connectivity index (χ3n) is 3.93. The van der Waals surface area contributed by atoms with Crippen LogP contribution in [0.4, 0.5) is 0 Å². The van der Waals surface area contributed by atoms with E-state index < -0.39 is 0 Å². The molecule has 2 unspecified atom stereocenters. The summed E-state index contributed by atoms with van der Waals surface area (Å²) in [6, 6.07) is 10.3. The predicted octanol–water partition coefficient (Wildman–Crippen LogP) is 3.94. The summed E-state index contributed by atoms with van der Waals surface area (Å²) in [5.74, 6) is 0.782. The fourth-order valence-electron chi connectivity index (χ4n) is 2.68. The van der Waals surface area contributed by atoms with Crippen LogP contribution in [-0.4, -0.2) is 17.0 Å². The first-order valence-corrected chi connectivity index (χ1v) is 7.69. The molecule has 20 heavy (non-hydrogen) atoms. The van der Waals surface area contributed by atoms with E-state index in [9.17, 15) is 4.79 Å². The van der Waals surface area contributed by atoms with E-state index in [-0.39, 0.29) is 11.9 Å². The lowest BCUT2D eigenvalue weighted by molar-refractivity contribution is -0.235. The second-order valence-electron chi connectivity index (χ2n) is 5.82. The number of amides is 1. The lowest BCUT2D eigenvalue weighted by Crippen LogP contribution is -2.52. The van der Waals surface area contributed by atoms with Gasteiger partial charge in [0.05, 0.1) is 12.5 Å². The predicted molar refractivity (Wildman–Crippen MR) is 79.8 cm³/mol. The van der Waals surface area contributed by atoms with E-state index in [0.717, 1.165) is 12.0 Å². The van der Waals surface area contributed by atoms with Crippen LogP contribution in [0.5, 0.6) is 0 Å². The third-order valence-corrected chi connectivity index (χ3v) is 3.93. The fraction of sp³-hybridized carbons (Fsp3) is 0.588. The zero-order valence-electron chi connectivity index (χ0n) is 12.5. The molecule has 1 amide bonds. The molecule has 1 heterocycles. The Balaban J connectivity index is 1.76. The van der Waals surface area contributed by atoms with E-state index in [4.69, 9.17) is 4.84 Å². The number of β-lactam (4-membered cyclic amide) rings is 1. The summed E-state index contributed by atoms with van der Waals surface area (Å²) in [5, 5.41) is 1.59. The zero-order valence-corrected chi connectivity index (χ0v) is 12.5. The molecule has 1 fully saturated rings. The van der Waals surface area contributed by atoms with Gasteiger partial charge in [0.15, 0.2) is 0 Å². The first-order valence-electron chi connectivity index (χ1n) is 7.69. The summed E-state index contributed by atoms with van der Waals surface area (Å²) in [7, 11) is 0. The van der Waals surface area contributed by atoms with Gasteiger partial charge in [-0.15, -0.1) is 0 Å². The molecular formula is C17H25NO2. The van der Waals surface area contributed by atoms with Crippen molar-refractivity contribution < 1.29 is 9.63 Å². The number of nitrogens with zero attached hydrogens (tertiary/aromatic N) is 1. The van der Waals surface area contributed by atoms with Crippen LogP contribution in [0.25, 0.3) is 0 Å². The van der Waals surface area contributed by atoms with Gasteiger partial charge in [-0.3, -0.25) is 9.63 Å². The van der Waals surface area contributed by atoms with Crippen LogP contribution in [0.2, 0.25) is 0 Å². The summed E-state index contributed by atoms with van der Waals surface area (Å²) >= 11 is 0. The first-order chi connectivity index (χ1) is 9.70. The Morgan fingerprint density at radius 1 is 1.35 bits per heavy atom. The summed E-state index contributed by atoms with van der Waals surface area (Å²) < 4.78 is 0. The van der Waals surface area contributed by atoms with E-state index in [2.05, 4.69) is 13.8 Å². The number of hydroxylamine groups is 2. The first kappa shape index (κ1) is 15.0. The number of hydrogen-bond donors (Lipinski definition) is 0. The quantitative estimate of drug-likeness (QED) is 0.673. The van der Waals surface area contributed by atoms with Crippen molar-refractivity contribution in [3.63, 3.8) is 0 Å². The van der Waals surface area contributed by atoms with Crippen molar-refractivity contribution in [2.24, 2.45) is 5.92 Å². The highest BCUT2D eigenvalue weighted by atomic mass is 16.7. The number of carbonyl (C=O) groups excluding carboxylic acids is 1. The molecule has 0 N–H and O–H groups in total. The molecule has 1 aromatic carbocycles. The minimum absolute atomic E-state index is 0.119. The Hall–Kier alpha value is -1.35. The van der Waals surface area contributed by atoms with Crippen molar-refractivity contribution in [2.75, 3.05) is 0 Å². The molecular weight excluding hydrogens is 250 g/mol. The number of hydrogen-bond acceptors (Lipinski definition) is 2. The topological polar surface area (TPSA) is 29.5 Å². The Labute approximate surface area is 121 Å². The van der Waals surface area contributed by atoms with Crippen molar-refractivity contribution >= 4 is 5.91 Å². The molecule has 0 aliphatic carbocycles. The Morgan fingerprint density at radius 2 is 2.10 bits per heavy atom. The molecule has 1 saturated heterocycles. The number of rotatable bonds is 8. The molecule has 0 saturated carbocycles. The van der Waals surface area contributed by atoms with Gasteiger partial charge in [-0.1, -0.05) is 63.4 Å². The highest BCUT2D eigenvalue weighted by Gasteiger charge is 2.37. The smallest absolute Gasteiger partial charge is 0.248 e. The molecule has 1 aliphatic rings. The maximum atomic E-state index is 11.7. The molecule has 0 radical (unpaired) electrons. The van der Waals surface area contributed by atoms with E-state index in [1.165, 1.54) is 19.3 Å². The second kappa shape index (κ2) is 7.44. The van der Waals surface area contributed by atoms with Gasteiger partial charge >= 0.3 is 0 Å². The molecule has 1 aromatic rings. The van der Waals surface area contributed by atoms with Gasteiger partial charge in [-0.25, -0.2) is 5.06 Å². The minimum atomic E-state index is 0.119.